The van der Waals surface area contributed by atoms with Crippen molar-refractivity contribution < 1.29 is 4.79 Å². The minimum Gasteiger partial charge on any atom is -0.335 e. The van der Waals surface area contributed by atoms with Crippen molar-refractivity contribution in [3.05, 3.63) is 47.5 Å². The van der Waals surface area contributed by atoms with Gasteiger partial charge >= 0.3 is 0 Å². The Labute approximate surface area is 110 Å². The summed E-state index contributed by atoms with van der Waals surface area (Å²) in [5.41, 5.74) is 6.41. The minimum atomic E-state index is -0.270. The second kappa shape index (κ2) is 5.66. The zero-order chi connectivity index (χ0) is 13.0. The van der Waals surface area contributed by atoms with Gasteiger partial charge in [0.1, 0.15) is 5.69 Å². The average Bonchev–Trinajstić information content (AvgIpc) is 2.78. The first kappa shape index (κ1) is 12.6. The lowest BCUT2D eigenvalue weighted by Gasteiger charge is -2.03. The van der Waals surface area contributed by atoms with Gasteiger partial charge in [0.25, 0.3) is 5.91 Å². The topological polar surface area (TPSA) is 72.9 Å². The first-order valence-electron chi connectivity index (χ1n) is 5.48. The van der Waals surface area contributed by atoms with Crippen LogP contribution in [0, 0.1) is 0 Å². The molecule has 1 aromatic carbocycles. The highest BCUT2D eigenvalue weighted by atomic mass is 35.5. The second-order valence-electron chi connectivity index (χ2n) is 3.75. The number of amides is 1. The summed E-state index contributed by atoms with van der Waals surface area (Å²) in [5.74, 6) is -0.270. The molecule has 5 nitrogen and oxygen atoms in total. The molecule has 1 heterocycles. The van der Waals surface area contributed by atoms with E-state index in [-0.39, 0.29) is 5.91 Å². The minimum absolute atomic E-state index is 0.270. The average molecular weight is 265 g/mol. The molecule has 6 heteroatoms. The number of halogens is 1. The summed E-state index contributed by atoms with van der Waals surface area (Å²) in [4.78, 5) is 15.9. The van der Waals surface area contributed by atoms with Gasteiger partial charge in [0.2, 0.25) is 0 Å². The Kier molecular flexibility index (Phi) is 3.96. The number of nitrogens with one attached hydrogen (secondary N) is 1. The van der Waals surface area contributed by atoms with Crippen molar-refractivity contribution in [2.75, 3.05) is 11.9 Å². The van der Waals surface area contributed by atoms with Crippen molar-refractivity contribution in [2.45, 2.75) is 6.54 Å². The first-order valence-corrected chi connectivity index (χ1v) is 5.85. The van der Waals surface area contributed by atoms with Gasteiger partial charge in [0.15, 0.2) is 0 Å². The van der Waals surface area contributed by atoms with Crippen LogP contribution in [-0.4, -0.2) is 22.0 Å². The summed E-state index contributed by atoms with van der Waals surface area (Å²) < 4.78 is 1.77. The normalized spacial score (nSPS) is 10.3. The Morgan fingerprint density at radius 2 is 2.33 bits per heavy atom. The number of imidazole rings is 1. The first-order chi connectivity index (χ1) is 8.69. The van der Waals surface area contributed by atoms with E-state index in [9.17, 15) is 4.79 Å². The molecule has 0 aliphatic carbocycles. The van der Waals surface area contributed by atoms with Gasteiger partial charge in [-0.05, 0) is 18.2 Å². The molecule has 94 valence electrons. The molecule has 0 aliphatic rings. The number of rotatable bonds is 4. The molecule has 0 radical (unpaired) electrons. The van der Waals surface area contributed by atoms with E-state index in [1.165, 1.54) is 0 Å². The molecule has 3 N–H and O–H groups in total. The van der Waals surface area contributed by atoms with Gasteiger partial charge in [0, 0.05) is 30.0 Å². The number of anilines is 1. The van der Waals surface area contributed by atoms with Gasteiger partial charge in [-0.25, -0.2) is 4.98 Å². The molecular formula is C12H13ClN4O. The van der Waals surface area contributed by atoms with E-state index >= 15 is 0 Å². The van der Waals surface area contributed by atoms with E-state index in [0.29, 0.717) is 29.5 Å². The van der Waals surface area contributed by atoms with Crippen molar-refractivity contribution in [1.82, 2.24) is 9.55 Å². The van der Waals surface area contributed by atoms with Gasteiger partial charge in [-0.1, -0.05) is 17.7 Å². The third-order valence-electron chi connectivity index (χ3n) is 2.34. The number of hydrogen-bond donors (Lipinski definition) is 2. The predicted molar refractivity (Wildman–Crippen MR) is 70.7 cm³/mol. The summed E-state index contributed by atoms with van der Waals surface area (Å²) in [6.45, 7) is 1.14. The van der Waals surface area contributed by atoms with Gasteiger partial charge in [-0.2, -0.15) is 0 Å². The molecule has 18 heavy (non-hydrogen) atoms. The highest BCUT2D eigenvalue weighted by Crippen LogP contribution is 2.15. The van der Waals surface area contributed by atoms with Crippen molar-refractivity contribution in [1.29, 1.82) is 0 Å². The maximum atomic E-state index is 11.9. The van der Waals surface area contributed by atoms with Crippen molar-refractivity contribution in [3.8, 4) is 0 Å². The molecule has 0 saturated heterocycles. The van der Waals surface area contributed by atoms with Crippen LogP contribution in [0.3, 0.4) is 0 Å². The quantitative estimate of drug-likeness (QED) is 0.884. The summed E-state index contributed by atoms with van der Waals surface area (Å²) in [5, 5.41) is 3.29. The lowest BCUT2D eigenvalue weighted by atomic mass is 10.3. The largest absolute Gasteiger partial charge is 0.335 e. The third kappa shape index (κ3) is 3.09. The third-order valence-corrected chi connectivity index (χ3v) is 2.57. The van der Waals surface area contributed by atoms with Crippen molar-refractivity contribution >= 4 is 23.2 Å². The number of benzene rings is 1. The molecule has 2 rings (SSSR count). The van der Waals surface area contributed by atoms with Crippen LogP contribution in [-0.2, 0) is 6.54 Å². The Morgan fingerprint density at radius 3 is 3.06 bits per heavy atom. The highest BCUT2D eigenvalue weighted by molar-refractivity contribution is 6.30. The van der Waals surface area contributed by atoms with E-state index < -0.39 is 0 Å². The Morgan fingerprint density at radius 1 is 1.50 bits per heavy atom. The van der Waals surface area contributed by atoms with E-state index in [4.69, 9.17) is 17.3 Å². The number of nitrogens with two attached hydrogens (primary N) is 1. The Hall–Kier alpha value is -1.85. The van der Waals surface area contributed by atoms with Crippen LogP contribution in [0.25, 0.3) is 0 Å². The van der Waals surface area contributed by atoms with Gasteiger partial charge in [-0.15, -0.1) is 0 Å². The fourth-order valence-corrected chi connectivity index (χ4v) is 1.70. The van der Waals surface area contributed by atoms with Crippen molar-refractivity contribution in [3.63, 3.8) is 0 Å². The van der Waals surface area contributed by atoms with Crippen LogP contribution in [0.15, 0.2) is 36.8 Å². The van der Waals surface area contributed by atoms with Crippen molar-refractivity contribution in [2.24, 2.45) is 5.73 Å². The standard InChI is InChI=1S/C12H13ClN4O/c13-9-2-1-3-10(6-9)16-12(18)11-7-17(5-4-14)8-15-11/h1-3,6-8H,4-5,14H2,(H,16,18). The second-order valence-corrected chi connectivity index (χ2v) is 4.19. The molecule has 0 atom stereocenters. The molecule has 2 aromatic rings. The number of carbonyl (C=O) groups excluding carboxylic acids is 1. The number of hydrogen-bond acceptors (Lipinski definition) is 3. The Balaban J connectivity index is 2.07. The van der Waals surface area contributed by atoms with Crippen LogP contribution < -0.4 is 11.1 Å². The molecular weight excluding hydrogens is 252 g/mol. The SMILES string of the molecule is NCCn1cnc(C(=O)Nc2cccc(Cl)c2)c1. The highest BCUT2D eigenvalue weighted by Gasteiger charge is 2.09. The van der Waals surface area contributed by atoms with Crippen LogP contribution in [0.5, 0.6) is 0 Å². The predicted octanol–water partition coefficient (Wildman–Crippen LogP) is 1.75. The van der Waals surface area contributed by atoms with Gasteiger partial charge < -0.3 is 15.6 Å². The van der Waals surface area contributed by atoms with Crippen LogP contribution in [0.1, 0.15) is 10.5 Å². The van der Waals surface area contributed by atoms with Gasteiger partial charge in [0.05, 0.1) is 6.33 Å². The number of nitrogens with zero attached hydrogens (tertiary/aromatic N) is 2. The molecule has 0 unspecified atom stereocenters. The molecule has 1 aromatic heterocycles. The summed E-state index contributed by atoms with van der Waals surface area (Å²) in [6, 6.07) is 6.95. The zero-order valence-corrected chi connectivity index (χ0v) is 10.4. The van der Waals surface area contributed by atoms with Crippen LogP contribution in [0.2, 0.25) is 5.02 Å². The molecule has 0 fully saturated rings. The van der Waals surface area contributed by atoms with E-state index in [1.54, 1.807) is 41.4 Å². The van der Waals surface area contributed by atoms with E-state index in [1.807, 2.05) is 0 Å². The number of aromatic nitrogens is 2. The summed E-state index contributed by atoms with van der Waals surface area (Å²) >= 11 is 5.83. The smallest absolute Gasteiger partial charge is 0.275 e. The molecule has 0 spiro atoms. The fraction of sp³-hybridized carbons (Fsp3) is 0.167. The van der Waals surface area contributed by atoms with E-state index in [2.05, 4.69) is 10.3 Å². The maximum Gasteiger partial charge on any atom is 0.275 e. The summed E-state index contributed by atoms with van der Waals surface area (Å²) in [7, 11) is 0. The Bertz CT molecular complexity index is 553. The zero-order valence-electron chi connectivity index (χ0n) is 9.64. The molecule has 1 amide bonds. The molecule has 0 bridgehead atoms. The van der Waals surface area contributed by atoms with Crippen LogP contribution in [0.4, 0.5) is 5.69 Å². The summed E-state index contributed by atoms with van der Waals surface area (Å²) in [6.07, 6.45) is 3.24. The monoisotopic (exact) mass is 264 g/mol. The lowest BCUT2D eigenvalue weighted by Crippen LogP contribution is -2.12. The van der Waals surface area contributed by atoms with Crippen LogP contribution >= 0.6 is 11.6 Å². The fourth-order valence-electron chi connectivity index (χ4n) is 1.51. The lowest BCUT2D eigenvalue weighted by molar-refractivity contribution is 0.102. The maximum absolute atomic E-state index is 11.9. The van der Waals surface area contributed by atoms with E-state index in [0.717, 1.165) is 0 Å². The number of carbonyl (C=O) groups is 1. The molecule has 0 saturated carbocycles. The molecule has 0 aliphatic heterocycles. The van der Waals surface area contributed by atoms with Gasteiger partial charge in [-0.3, -0.25) is 4.79 Å².